The number of para-hydroxylation sites is 1. The Morgan fingerprint density at radius 3 is 2.46 bits per heavy atom. The van der Waals surface area contributed by atoms with E-state index in [1.54, 1.807) is 16.8 Å². The van der Waals surface area contributed by atoms with Gasteiger partial charge in [-0.3, -0.25) is 4.79 Å². The van der Waals surface area contributed by atoms with Gasteiger partial charge in [-0.15, -0.1) is 0 Å². The average Bonchev–Trinajstić information content (AvgIpc) is 3.03. The van der Waals surface area contributed by atoms with Crippen LogP contribution in [0.15, 0.2) is 59.6 Å². The zero-order chi connectivity index (χ0) is 20.3. The topological polar surface area (TPSA) is 68.2 Å². The SMILES string of the molecule is CCC(C)NC(=O)Cn1cc(S(=O)(=O)Cc2ccc(C)cc2)c2ccccc21. The number of aromatic nitrogens is 1. The summed E-state index contributed by atoms with van der Waals surface area (Å²) in [5.74, 6) is -0.196. The first-order valence-electron chi connectivity index (χ1n) is 9.45. The summed E-state index contributed by atoms with van der Waals surface area (Å²) in [5, 5.41) is 3.57. The van der Waals surface area contributed by atoms with Crippen LogP contribution in [0.3, 0.4) is 0 Å². The van der Waals surface area contributed by atoms with Crippen molar-refractivity contribution in [3.8, 4) is 0 Å². The summed E-state index contributed by atoms with van der Waals surface area (Å²) in [5.41, 5.74) is 2.58. The average molecular weight is 399 g/mol. The first kappa shape index (κ1) is 20.1. The molecule has 1 aromatic heterocycles. The minimum Gasteiger partial charge on any atom is -0.352 e. The van der Waals surface area contributed by atoms with E-state index >= 15 is 0 Å². The van der Waals surface area contributed by atoms with Crippen LogP contribution >= 0.6 is 0 Å². The fraction of sp³-hybridized carbons (Fsp3) is 0.318. The van der Waals surface area contributed by atoms with Gasteiger partial charge in [-0.05, 0) is 31.9 Å². The lowest BCUT2D eigenvalue weighted by Crippen LogP contribution is -2.34. The fourth-order valence-corrected chi connectivity index (χ4v) is 4.73. The standard InChI is InChI=1S/C22H26N2O3S/c1-4-17(3)23-22(25)14-24-13-21(19-7-5-6-8-20(19)24)28(26,27)15-18-11-9-16(2)10-12-18/h5-13,17H,4,14-15H2,1-3H3,(H,23,25). The smallest absolute Gasteiger partial charge is 0.240 e. The van der Waals surface area contributed by atoms with Gasteiger partial charge >= 0.3 is 0 Å². The van der Waals surface area contributed by atoms with Gasteiger partial charge in [0.15, 0.2) is 9.84 Å². The first-order valence-corrected chi connectivity index (χ1v) is 11.1. The molecule has 0 saturated carbocycles. The number of fused-ring (bicyclic) bond motifs is 1. The Bertz CT molecular complexity index is 1080. The van der Waals surface area contributed by atoms with Crippen LogP contribution in [-0.2, 0) is 26.9 Å². The molecule has 2 aromatic carbocycles. The molecule has 0 radical (unpaired) electrons. The van der Waals surface area contributed by atoms with Gasteiger partial charge in [0.2, 0.25) is 5.91 Å². The molecular formula is C22H26N2O3S. The number of aryl methyl sites for hydroxylation is 1. The van der Waals surface area contributed by atoms with Gasteiger partial charge in [-0.1, -0.05) is 55.0 Å². The zero-order valence-electron chi connectivity index (χ0n) is 16.5. The van der Waals surface area contributed by atoms with E-state index in [0.29, 0.717) is 5.39 Å². The van der Waals surface area contributed by atoms with E-state index in [1.165, 1.54) is 0 Å². The lowest BCUT2D eigenvalue weighted by Gasteiger charge is -2.12. The maximum atomic E-state index is 13.1. The molecule has 5 nitrogen and oxygen atoms in total. The van der Waals surface area contributed by atoms with E-state index in [-0.39, 0.29) is 29.1 Å². The van der Waals surface area contributed by atoms with Crippen molar-refractivity contribution >= 4 is 26.6 Å². The molecule has 1 N–H and O–H groups in total. The molecule has 148 valence electrons. The van der Waals surface area contributed by atoms with Crippen LogP contribution < -0.4 is 5.32 Å². The Hall–Kier alpha value is -2.60. The normalized spacial score (nSPS) is 12.8. The van der Waals surface area contributed by atoms with Crippen molar-refractivity contribution in [1.29, 1.82) is 0 Å². The van der Waals surface area contributed by atoms with Crippen molar-refractivity contribution in [1.82, 2.24) is 9.88 Å². The summed E-state index contributed by atoms with van der Waals surface area (Å²) < 4.78 is 27.9. The minimum atomic E-state index is -3.55. The van der Waals surface area contributed by atoms with Crippen molar-refractivity contribution in [2.75, 3.05) is 0 Å². The second-order valence-electron chi connectivity index (χ2n) is 7.26. The molecular weight excluding hydrogens is 372 g/mol. The second-order valence-corrected chi connectivity index (χ2v) is 9.22. The van der Waals surface area contributed by atoms with Crippen molar-refractivity contribution in [3.63, 3.8) is 0 Å². The third-order valence-corrected chi connectivity index (χ3v) is 6.61. The van der Waals surface area contributed by atoms with Crippen LogP contribution in [0.4, 0.5) is 0 Å². The predicted octanol–water partition coefficient (Wildman–Crippen LogP) is 3.84. The van der Waals surface area contributed by atoms with Crippen LogP contribution in [0.2, 0.25) is 0 Å². The van der Waals surface area contributed by atoms with E-state index in [9.17, 15) is 13.2 Å². The molecule has 1 unspecified atom stereocenters. The number of carbonyl (C=O) groups is 1. The highest BCUT2D eigenvalue weighted by molar-refractivity contribution is 7.90. The monoisotopic (exact) mass is 398 g/mol. The lowest BCUT2D eigenvalue weighted by atomic mass is 10.2. The van der Waals surface area contributed by atoms with Crippen molar-refractivity contribution in [3.05, 3.63) is 65.9 Å². The highest BCUT2D eigenvalue weighted by atomic mass is 32.2. The molecule has 6 heteroatoms. The highest BCUT2D eigenvalue weighted by Crippen LogP contribution is 2.28. The molecule has 28 heavy (non-hydrogen) atoms. The van der Waals surface area contributed by atoms with Crippen LogP contribution in [0.1, 0.15) is 31.4 Å². The van der Waals surface area contributed by atoms with E-state index in [1.807, 2.05) is 63.2 Å². The Morgan fingerprint density at radius 2 is 1.79 bits per heavy atom. The number of sulfone groups is 1. The van der Waals surface area contributed by atoms with Gasteiger partial charge in [0, 0.05) is 23.1 Å². The lowest BCUT2D eigenvalue weighted by molar-refractivity contribution is -0.122. The summed E-state index contributed by atoms with van der Waals surface area (Å²) in [6, 6.07) is 14.9. The first-order chi connectivity index (χ1) is 13.3. The molecule has 1 amide bonds. The van der Waals surface area contributed by atoms with E-state index in [4.69, 9.17) is 0 Å². The van der Waals surface area contributed by atoms with Gasteiger partial charge in [0.1, 0.15) is 6.54 Å². The number of carbonyl (C=O) groups excluding carboxylic acids is 1. The second kappa shape index (κ2) is 8.19. The molecule has 0 aliphatic rings. The Labute approximate surface area is 166 Å². The molecule has 1 heterocycles. The molecule has 0 bridgehead atoms. The van der Waals surface area contributed by atoms with Gasteiger partial charge < -0.3 is 9.88 Å². The summed E-state index contributed by atoms with van der Waals surface area (Å²) in [6.45, 7) is 6.01. The molecule has 0 saturated heterocycles. The van der Waals surface area contributed by atoms with Gasteiger partial charge in [-0.2, -0.15) is 0 Å². The molecule has 0 aliphatic heterocycles. The maximum Gasteiger partial charge on any atom is 0.240 e. The number of benzene rings is 2. The summed E-state index contributed by atoms with van der Waals surface area (Å²) in [7, 11) is -3.55. The van der Waals surface area contributed by atoms with Crippen LogP contribution in [-0.4, -0.2) is 24.9 Å². The minimum absolute atomic E-state index is 0.0691. The largest absolute Gasteiger partial charge is 0.352 e. The Balaban J connectivity index is 1.95. The Kier molecular flexibility index (Phi) is 5.89. The van der Waals surface area contributed by atoms with E-state index in [0.717, 1.165) is 23.1 Å². The van der Waals surface area contributed by atoms with Crippen LogP contribution in [0.25, 0.3) is 10.9 Å². The Morgan fingerprint density at radius 1 is 1.11 bits per heavy atom. The predicted molar refractivity (Wildman–Crippen MR) is 112 cm³/mol. The quantitative estimate of drug-likeness (QED) is 0.657. The number of nitrogens with one attached hydrogen (secondary N) is 1. The third-order valence-electron chi connectivity index (χ3n) is 4.90. The number of hydrogen-bond donors (Lipinski definition) is 1. The summed E-state index contributed by atoms with van der Waals surface area (Å²) in [6.07, 6.45) is 2.43. The van der Waals surface area contributed by atoms with Crippen LogP contribution in [0, 0.1) is 6.92 Å². The van der Waals surface area contributed by atoms with E-state index < -0.39 is 9.84 Å². The molecule has 0 fully saturated rings. The van der Waals surface area contributed by atoms with Crippen molar-refractivity contribution in [2.45, 2.75) is 50.4 Å². The number of rotatable bonds is 7. The van der Waals surface area contributed by atoms with Gasteiger partial charge in [0.05, 0.1) is 10.6 Å². The fourth-order valence-electron chi connectivity index (χ4n) is 3.15. The van der Waals surface area contributed by atoms with Gasteiger partial charge in [0.25, 0.3) is 0 Å². The number of nitrogens with zero attached hydrogens (tertiary/aromatic N) is 1. The maximum absolute atomic E-state index is 13.1. The van der Waals surface area contributed by atoms with Crippen LogP contribution in [0.5, 0.6) is 0 Å². The molecule has 0 spiro atoms. The van der Waals surface area contributed by atoms with Gasteiger partial charge in [-0.25, -0.2) is 8.42 Å². The highest BCUT2D eigenvalue weighted by Gasteiger charge is 2.22. The van der Waals surface area contributed by atoms with Crippen molar-refractivity contribution < 1.29 is 13.2 Å². The number of hydrogen-bond acceptors (Lipinski definition) is 3. The molecule has 0 aliphatic carbocycles. The molecule has 1 atom stereocenters. The third kappa shape index (κ3) is 4.44. The molecule has 3 rings (SSSR count). The molecule has 3 aromatic rings. The van der Waals surface area contributed by atoms with E-state index in [2.05, 4.69) is 5.32 Å². The number of amides is 1. The summed E-state index contributed by atoms with van der Waals surface area (Å²) >= 11 is 0. The van der Waals surface area contributed by atoms with Crippen molar-refractivity contribution in [2.24, 2.45) is 0 Å². The summed E-state index contributed by atoms with van der Waals surface area (Å²) in [4.78, 5) is 12.6. The zero-order valence-corrected chi connectivity index (χ0v) is 17.3.